The van der Waals surface area contributed by atoms with Crippen LogP contribution in [0.3, 0.4) is 0 Å². The third-order valence-corrected chi connectivity index (χ3v) is 3.44. The average molecular weight is 398 g/mol. The largest absolute Gasteiger partial charge is 0.449 e. The van der Waals surface area contributed by atoms with Crippen molar-refractivity contribution >= 4 is 11.9 Å². The number of ether oxygens (including phenoxy) is 4. The molecule has 0 aromatic heterocycles. The summed E-state index contributed by atoms with van der Waals surface area (Å²) in [5, 5.41) is 11.2. The minimum absolute atomic E-state index is 0.0168. The normalized spacial score (nSPS) is 10.8. The van der Waals surface area contributed by atoms with Gasteiger partial charge in [-0.3, -0.25) is 0 Å². The van der Waals surface area contributed by atoms with Crippen LogP contribution in [0.15, 0.2) is 85.0 Å². The van der Waals surface area contributed by atoms with E-state index in [9.17, 15) is 14.7 Å². The van der Waals surface area contributed by atoms with Crippen LogP contribution < -0.4 is 9.47 Å². The lowest BCUT2D eigenvalue weighted by Gasteiger charge is -2.33. The van der Waals surface area contributed by atoms with Crippen molar-refractivity contribution < 1.29 is 33.6 Å². The highest BCUT2D eigenvalue weighted by molar-refractivity contribution is 5.88. The lowest BCUT2D eigenvalue weighted by atomic mass is 10.3. The van der Waals surface area contributed by atoms with Gasteiger partial charge in [0.15, 0.2) is 0 Å². The number of esters is 2. The zero-order valence-electron chi connectivity index (χ0n) is 16.2. The third kappa shape index (κ3) is 6.22. The van der Waals surface area contributed by atoms with Crippen molar-refractivity contribution in [3.05, 3.63) is 85.0 Å². The van der Waals surface area contributed by atoms with E-state index in [-0.39, 0.29) is 22.6 Å². The minimum atomic E-state index is -2.71. The molecule has 1 N–H and O–H groups in total. The monoisotopic (exact) mass is 398 g/mol. The summed E-state index contributed by atoms with van der Waals surface area (Å²) >= 11 is 0. The van der Waals surface area contributed by atoms with E-state index in [1.54, 1.807) is 36.4 Å². The molecule has 2 aromatic rings. The molecule has 0 saturated heterocycles. The molecule has 0 amide bonds. The first-order valence-corrected chi connectivity index (χ1v) is 8.65. The highest BCUT2D eigenvalue weighted by Crippen LogP contribution is 2.27. The molecule has 0 aliphatic heterocycles. The fourth-order valence-electron chi connectivity index (χ4n) is 2.00. The first-order valence-electron chi connectivity index (χ1n) is 8.65. The summed E-state index contributed by atoms with van der Waals surface area (Å²) in [7, 11) is 0. The van der Waals surface area contributed by atoms with E-state index < -0.39 is 24.2 Å². The molecule has 152 valence electrons. The van der Waals surface area contributed by atoms with Crippen LogP contribution in [0, 0.1) is 0 Å². The van der Waals surface area contributed by atoms with Crippen LogP contribution in [0.4, 0.5) is 0 Å². The molecule has 7 heteroatoms. The maximum Gasteiger partial charge on any atom is 0.449 e. The van der Waals surface area contributed by atoms with Crippen molar-refractivity contribution in [3.8, 4) is 11.5 Å². The van der Waals surface area contributed by atoms with Crippen molar-refractivity contribution in [2.24, 2.45) is 0 Å². The van der Waals surface area contributed by atoms with Gasteiger partial charge in [-0.1, -0.05) is 49.6 Å². The Hall–Kier alpha value is -3.58. The average Bonchev–Trinajstić information content (AvgIpc) is 2.68. The van der Waals surface area contributed by atoms with E-state index in [4.69, 9.17) is 18.9 Å². The summed E-state index contributed by atoms with van der Waals surface area (Å²) in [5.41, 5.74) is 0.0336. The van der Waals surface area contributed by atoms with Gasteiger partial charge in [0.2, 0.25) is 0 Å². The van der Waals surface area contributed by atoms with Gasteiger partial charge in [0.25, 0.3) is 0 Å². The molecule has 0 fully saturated rings. The number of aliphatic hydroxyl groups is 1. The summed E-state index contributed by atoms with van der Waals surface area (Å²) in [6.45, 7) is 9.75. The van der Waals surface area contributed by atoms with Gasteiger partial charge in [-0.15, -0.1) is 0 Å². The van der Waals surface area contributed by atoms with Gasteiger partial charge >= 0.3 is 24.2 Å². The second kappa shape index (κ2) is 9.57. The van der Waals surface area contributed by atoms with Crippen molar-refractivity contribution in [2.45, 2.75) is 26.1 Å². The molecule has 0 bridgehead atoms. The van der Waals surface area contributed by atoms with E-state index in [1.807, 2.05) is 0 Å². The van der Waals surface area contributed by atoms with Crippen LogP contribution in [0.25, 0.3) is 0 Å². The fourth-order valence-corrected chi connectivity index (χ4v) is 2.00. The molecular formula is C22H22O7. The van der Waals surface area contributed by atoms with Gasteiger partial charge in [0.05, 0.1) is 0 Å². The van der Waals surface area contributed by atoms with Crippen LogP contribution in [0.5, 0.6) is 11.5 Å². The molecule has 0 unspecified atom stereocenters. The number of rotatable bonds is 9. The Kier molecular flexibility index (Phi) is 7.16. The molecule has 0 radical (unpaired) electrons. The molecular weight excluding hydrogens is 376 g/mol. The van der Waals surface area contributed by atoms with E-state index in [0.717, 1.165) is 0 Å². The standard InChI is InChI=1S/C22H22O7/c1-15(2)19(23)26-21(27-20(24)16(3)4)22(25,28-17-11-7-5-8-12-17)29-18-13-9-6-10-14-18/h5-14,21,25H,1,3H2,2,4H3. The lowest BCUT2D eigenvalue weighted by molar-refractivity contribution is -0.367. The van der Waals surface area contributed by atoms with Gasteiger partial charge < -0.3 is 24.1 Å². The summed E-state index contributed by atoms with van der Waals surface area (Å²) in [6.07, 6.45) is -1.99. The first kappa shape index (κ1) is 21.7. The highest BCUT2D eigenvalue weighted by Gasteiger charge is 2.49. The van der Waals surface area contributed by atoms with Gasteiger partial charge in [-0.05, 0) is 38.1 Å². The number of carbonyl (C=O) groups is 2. The predicted octanol–water partition coefficient (Wildman–Crippen LogP) is 3.36. The Bertz CT molecular complexity index is 805. The van der Waals surface area contributed by atoms with E-state index in [0.29, 0.717) is 0 Å². The molecule has 29 heavy (non-hydrogen) atoms. The van der Waals surface area contributed by atoms with Gasteiger partial charge in [0, 0.05) is 11.1 Å². The van der Waals surface area contributed by atoms with E-state index >= 15 is 0 Å². The summed E-state index contributed by atoms with van der Waals surface area (Å²) in [5.74, 6) is -4.20. The second-order valence-electron chi connectivity index (χ2n) is 6.16. The van der Waals surface area contributed by atoms with E-state index in [2.05, 4.69) is 13.2 Å². The zero-order chi connectivity index (χ0) is 21.4. The van der Waals surface area contributed by atoms with Crippen molar-refractivity contribution in [1.29, 1.82) is 0 Å². The van der Waals surface area contributed by atoms with Crippen LogP contribution in [-0.2, 0) is 19.1 Å². The van der Waals surface area contributed by atoms with Crippen molar-refractivity contribution in [2.75, 3.05) is 0 Å². The zero-order valence-corrected chi connectivity index (χ0v) is 16.2. The number of para-hydroxylation sites is 2. The molecule has 0 spiro atoms. The van der Waals surface area contributed by atoms with Gasteiger partial charge in [-0.25, -0.2) is 9.59 Å². The molecule has 0 aliphatic rings. The Morgan fingerprint density at radius 2 is 1.14 bits per heavy atom. The second-order valence-corrected chi connectivity index (χ2v) is 6.16. The number of hydrogen-bond acceptors (Lipinski definition) is 7. The number of hydrogen-bond donors (Lipinski definition) is 1. The highest BCUT2D eigenvalue weighted by atomic mass is 16.9. The Labute approximate surface area is 168 Å². The Balaban J connectivity index is 2.45. The van der Waals surface area contributed by atoms with Crippen LogP contribution >= 0.6 is 0 Å². The summed E-state index contributed by atoms with van der Waals surface area (Å²) < 4.78 is 21.3. The Morgan fingerprint density at radius 3 is 1.45 bits per heavy atom. The van der Waals surface area contributed by atoms with Crippen molar-refractivity contribution in [3.63, 3.8) is 0 Å². The van der Waals surface area contributed by atoms with Gasteiger partial charge in [-0.2, -0.15) is 0 Å². The van der Waals surface area contributed by atoms with Crippen LogP contribution in [0.1, 0.15) is 13.8 Å². The maximum atomic E-state index is 12.1. The summed E-state index contributed by atoms with van der Waals surface area (Å²) in [4.78, 5) is 24.2. The number of benzene rings is 2. The van der Waals surface area contributed by atoms with Crippen molar-refractivity contribution in [1.82, 2.24) is 0 Å². The fraction of sp³-hybridized carbons (Fsp3) is 0.182. The van der Waals surface area contributed by atoms with Gasteiger partial charge in [0.1, 0.15) is 11.5 Å². The molecule has 0 heterocycles. The molecule has 0 atom stereocenters. The van der Waals surface area contributed by atoms with Crippen LogP contribution in [-0.4, -0.2) is 29.3 Å². The molecule has 0 aliphatic carbocycles. The molecule has 0 saturated carbocycles. The Morgan fingerprint density at radius 1 is 0.793 bits per heavy atom. The SMILES string of the molecule is C=C(C)C(=O)OC(OC(=O)C(=C)C)C(O)(Oc1ccccc1)Oc1ccccc1. The topological polar surface area (TPSA) is 91.3 Å². The smallest absolute Gasteiger partial charge is 0.424 e. The molecule has 7 nitrogen and oxygen atoms in total. The number of carbonyl (C=O) groups excluding carboxylic acids is 2. The quantitative estimate of drug-likeness (QED) is 0.393. The molecule has 2 aromatic carbocycles. The predicted molar refractivity (Wildman–Crippen MR) is 105 cm³/mol. The molecule has 2 rings (SSSR count). The van der Waals surface area contributed by atoms with Crippen LogP contribution in [0.2, 0.25) is 0 Å². The first-order chi connectivity index (χ1) is 13.7. The summed E-state index contributed by atoms with van der Waals surface area (Å²) in [6, 6.07) is 16.3. The van der Waals surface area contributed by atoms with E-state index in [1.165, 1.54) is 38.1 Å². The minimum Gasteiger partial charge on any atom is -0.424 e. The lowest BCUT2D eigenvalue weighted by Crippen LogP contribution is -2.56. The third-order valence-electron chi connectivity index (χ3n) is 3.44. The maximum absolute atomic E-state index is 12.1.